The van der Waals surface area contributed by atoms with Crippen molar-refractivity contribution in [2.24, 2.45) is 0 Å². The molecule has 1 N–H and O–H groups in total. The SMILES string of the molecule is COc1ccc(CNC(=S)CC#N)cc1OC. The Bertz CT molecular complexity index is 441. The van der Waals surface area contributed by atoms with Crippen LogP contribution in [-0.4, -0.2) is 19.2 Å². The molecule has 0 aliphatic heterocycles. The smallest absolute Gasteiger partial charge is 0.161 e. The van der Waals surface area contributed by atoms with Crippen molar-refractivity contribution in [3.05, 3.63) is 23.8 Å². The summed E-state index contributed by atoms with van der Waals surface area (Å²) in [7, 11) is 3.19. The molecule has 17 heavy (non-hydrogen) atoms. The van der Waals surface area contributed by atoms with Crippen LogP contribution in [0, 0.1) is 11.3 Å². The molecule has 90 valence electrons. The van der Waals surface area contributed by atoms with E-state index < -0.39 is 0 Å². The fraction of sp³-hybridized carbons (Fsp3) is 0.333. The van der Waals surface area contributed by atoms with Crippen LogP contribution in [0.25, 0.3) is 0 Å². The molecular formula is C12H14N2O2S. The lowest BCUT2D eigenvalue weighted by molar-refractivity contribution is 0.354. The zero-order valence-electron chi connectivity index (χ0n) is 9.82. The quantitative estimate of drug-likeness (QED) is 0.810. The van der Waals surface area contributed by atoms with Crippen LogP contribution in [0.5, 0.6) is 11.5 Å². The minimum Gasteiger partial charge on any atom is -0.493 e. The van der Waals surface area contributed by atoms with E-state index in [-0.39, 0.29) is 6.42 Å². The van der Waals surface area contributed by atoms with Gasteiger partial charge in [-0.3, -0.25) is 0 Å². The van der Waals surface area contributed by atoms with Crippen LogP contribution in [0.2, 0.25) is 0 Å². The summed E-state index contributed by atoms with van der Waals surface area (Å²) >= 11 is 4.97. The van der Waals surface area contributed by atoms with E-state index in [1.54, 1.807) is 14.2 Å². The van der Waals surface area contributed by atoms with Crippen LogP contribution in [-0.2, 0) is 6.54 Å². The van der Waals surface area contributed by atoms with E-state index in [0.717, 1.165) is 5.56 Å². The zero-order chi connectivity index (χ0) is 12.7. The Kier molecular flexibility index (Phi) is 5.24. The predicted molar refractivity (Wildman–Crippen MR) is 69.2 cm³/mol. The first-order valence-corrected chi connectivity index (χ1v) is 5.46. The van der Waals surface area contributed by atoms with Crippen LogP contribution in [0.15, 0.2) is 18.2 Å². The van der Waals surface area contributed by atoms with Crippen LogP contribution >= 0.6 is 12.2 Å². The zero-order valence-corrected chi connectivity index (χ0v) is 10.6. The molecule has 0 spiro atoms. The third-order valence-electron chi connectivity index (χ3n) is 2.18. The normalized spacial score (nSPS) is 9.24. The molecule has 5 heteroatoms. The standard InChI is InChI=1S/C12H14N2O2S/c1-15-10-4-3-9(7-11(10)16-2)8-14-12(17)5-6-13/h3-4,7H,5,8H2,1-2H3,(H,14,17). The molecule has 0 amide bonds. The summed E-state index contributed by atoms with van der Waals surface area (Å²) in [5.74, 6) is 1.37. The van der Waals surface area contributed by atoms with Gasteiger partial charge in [-0.2, -0.15) is 5.26 Å². The highest BCUT2D eigenvalue weighted by Crippen LogP contribution is 2.27. The lowest BCUT2D eigenvalue weighted by atomic mass is 10.2. The number of hydrogen-bond acceptors (Lipinski definition) is 4. The molecule has 0 bridgehead atoms. The van der Waals surface area contributed by atoms with Gasteiger partial charge in [0.2, 0.25) is 0 Å². The minimum atomic E-state index is 0.239. The Hall–Kier alpha value is -1.80. The number of nitrogens with one attached hydrogen (secondary N) is 1. The molecule has 0 radical (unpaired) electrons. The summed E-state index contributed by atoms with van der Waals surface area (Å²) < 4.78 is 10.3. The van der Waals surface area contributed by atoms with Gasteiger partial charge in [-0.15, -0.1) is 0 Å². The molecule has 1 rings (SSSR count). The molecule has 0 saturated carbocycles. The molecule has 1 aromatic carbocycles. The second kappa shape index (κ2) is 6.71. The first-order valence-electron chi connectivity index (χ1n) is 5.05. The Balaban J connectivity index is 2.67. The highest BCUT2D eigenvalue weighted by Gasteiger charge is 2.04. The van der Waals surface area contributed by atoms with Crippen molar-refractivity contribution in [2.45, 2.75) is 13.0 Å². The van der Waals surface area contributed by atoms with Gasteiger partial charge in [0.1, 0.15) is 0 Å². The number of hydrogen-bond donors (Lipinski definition) is 1. The van der Waals surface area contributed by atoms with E-state index in [2.05, 4.69) is 5.32 Å². The van der Waals surface area contributed by atoms with Crippen LogP contribution in [0.3, 0.4) is 0 Å². The number of ether oxygens (including phenoxy) is 2. The van der Waals surface area contributed by atoms with Crippen LogP contribution in [0.4, 0.5) is 0 Å². The van der Waals surface area contributed by atoms with Crippen molar-refractivity contribution in [3.63, 3.8) is 0 Å². The average molecular weight is 250 g/mol. The molecule has 0 heterocycles. The van der Waals surface area contributed by atoms with Crippen LogP contribution in [0.1, 0.15) is 12.0 Å². The van der Waals surface area contributed by atoms with Crippen molar-refractivity contribution in [2.75, 3.05) is 14.2 Å². The number of rotatable bonds is 5. The van der Waals surface area contributed by atoms with Gasteiger partial charge in [-0.25, -0.2) is 0 Å². The number of thiocarbonyl (C=S) groups is 1. The Labute approximate surface area is 106 Å². The van der Waals surface area contributed by atoms with E-state index >= 15 is 0 Å². The number of methoxy groups -OCH3 is 2. The monoisotopic (exact) mass is 250 g/mol. The van der Waals surface area contributed by atoms with E-state index in [4.69, 9.17) is 27.0 Å². The van der Waals surface area contributed by atoms with E-state index in [9.17, 15) is 0 Å². The number of nitrogens with zero attached hydrogens (tertiary/aromatic N) is 1. The lowest BCUT2D eigenvalue weighted by Gasteiger charge is -2.10. The van der Waals surface area contributed by atoms with Gasteiger partial charge in [-0.1, -0.05) is 18.3 Å². The maximum atomic E-state index is 8.47. The summed E-state index contributed by atoms with van der Waals surface area (Å²) in [6.45, 7) is 0.570. The van der Waals surface area contributed by atoms with Gasteiger partial charge >= 0.3 is 0 Å². The van der Waals surface area contributed by atoms with Crippen molar-refractivity contribution in [3.8, 4) is 17.6 Å². The second-order valence-electron chi connectivity index (χ2n) is 3.30. The largest absolute Gasteiger partial charge is 0.493 e. The summed E-state index contributed by atoms with van der Waals surface area (Å²) in [4.78, 5) is 0.544. The summed E-state index contributed by atoms with van der Waals surface area (Å²) in [5.41, 5.74) is 1.02. The van der Waals surface area contributed by atoms with Gasteiger partial charge in [0.25, 0.3) is 0 Å². The van der Waals surface area contributed by atoms with Crippen LogP contribution < -0.4 is 14.8 Å². The molecule has 0 aliphatic rings. The van der Waals surface area contributed by atoms with E-state index in [0.29, 0.717) is 23.0 Å². The summed E-state index contributed by atoms with van der Waals surface area (Å²) in [6, 6.07) is 7.63. The van der Waals surface area contributed by atoms with Crippen molar-refractivity contribution >= 4 is 17.2 Å². The summed E-state index contributed by atoms with van der Waals surface area (Å²) in [6.07, 6.45) is 0.239. The maximum Gasteiger partial charge on any atom is 0.161 e. The molecule has 0 unspecified atom stereocenters. The van der Waals surface area contributed by atoms with Crippen molar-refractivity contribution in [1.82, 2.24) is 5.32 Å². The molecular weight excluding hydrogens is 236 g/mol. The van der Waals surface area contributed by atoms with Gasteiger partial charge in [-0.05, 0) is 17.7 Å². The highest BCUT2D eigenvalue weighted by atomic mass is 32.1. The third kappa shape index (κ3) is 3.93. The molecule has 0 aliphatic carbocycles. The second-order valence-corrected chi connectivity index (χ2v) is 3.79. The fourth-order valence-electron chi connectivity index (χ4n) is 1.33. The predicted octanol–water partition coefficient (Wildman–Crippen LogP) is 2.03. The minimum absolute atomic E-state index is 0.239. The van der Waals surface area contributed by atoms with Crippen molar-refractivity contribution in [1.29, 1.82) is 5.26 Å². The molecule has 0 atom stereocenters. The van der Waals surface area contributed by atoms with Gasteiger partial charge in [0.05, 0.1) is 31.7 Å². The summed E-state index contributed by atoms with van der Waals surface area (Å²) in [5, 5.41) is 11.5. The molecule has 0 saturated heterocycles. The first-order chi connectivity index (χ1) is 8.21. The Morgan fingerprint density at radius 2 is 2.06 bits per heavy atom. The Morgan fingerprint density at radius 3 is 2.65 bits per heavy atom. The van der Waals surface area contributed by atoms with Gasteiger partial charge in [0, 0.05) is 6.54 Å². The third-order valence-corrected chi connectivity index (χ3v) is 2.47. The number of benzene rings is 1. The molecule has 1 aromatic rings. The maximum absolute atomic E-state index is 8.47. The molecule has 4 nitrogen and oxygen atoms in total. The average Bonchev–Trinajstić information content (AvgIpc) is 2.36. The van der Waals surface area contributed by atoms with E-state index in [1.807, 2.05) is 24.3 Å². The number of nitriles is 1. The van der Waals surface area contributed by atoms with Gasteiger partial charge in [0.15, 0.2) is 11.5 Å². The highest BCUT2D eigenvalue weighted by molar-refractivity contribution is 7.80. The van der Waals surface area contributed by atoms with Crippen molar-refractivity contribution < 1.29 is 9.47 Å². The Morgan fingerprint density at radius 1 is 1.35 bits per heavy atom. The van der Waals surface area contributed by atoms with E-state index in [1.165, 1.54) is 0 Å². The molecule has 0 aromatic heterocycles. The molecule has 0 fully saturated rings. The lowest BCUT2D eigenvalue weighted by Crippen LogP contribution is -2.19. The van der Waals surface area contributed by atoms with Gasteiger partial charge < -0.3 is 14.8 Å². The topological polar surface area (TPSA) is 54.3 Å². The fourth-order valence-corrected chi connectivity index (χ4v) is 1.46. The first kappa shape index (κ1) is 13.3.